The van der Waals surface area contributed by atoms with Crippen LogP contribution in [0.1, 0.15) is 48.8 Å². The van der Waals surface area contributed by atoms with Crippen LogP contribution >= 0.6 is 0 Å². The average Bonchev–Trinajstić information content (AvgIpc) is 3.53. The number of nitrogens with one attached hydrogen (secondary N) is 1. The van der Waals surface area contributed by atoms with Crippen LogP contribution in [-0.4, -0.2) is 59.4 Å². The zero-order valence-electron chi connectivity index (χ0n) is 27.7. The third kappa shape index (κ3) is 9.37. The van der Waals surface area contributed by atoms with Gasteiger partial charge in [-0.05, 0) is 61.7 Å². The molecule has 50 heavy (non-hydrogen) atoms. The molecule has 1 amide bonds. The summed E-state index contributed by atoms with van der Waals surface area (Å²) in [5.74, 6) is -1.97. The molecule has 4 aromatic rings. The summed E-state index contributed by atoms with van der Waals surface area (Å²) in [4.78, 5) is 30.0. The number of likely N-dealkylation sites (N-methyl/N-ethyl adjacent to an activating group) is 1. The number of carbonyl (C=O) groups excluding carboxylic acids is 2. The molecule has 2 atom stereocenters. The fourth-order valence-corrected chi connectivity index (χ4v) is 5.66. The molecule has 4 rings (SSSR count). The molecule has 1 unspecified atom stereocenters. The summed E-state index contributed by atoms with van der Waals surface area (Å²) in [6, 6.07) is 19.1. The molecule has 1 aromatic heterocycles. The van der Waals surface area contributed by atoms with Gasteiger partial charge in [-0.25, -0.2) is 22.6 Å². The predicted molar refractivity (Wildman–Crippen MR) is 174 cm³/mol. The highest BCUT2D eigenvalue weighted by molar-refractivity contribution is 7.90. The van der Waals surface area contributed by atoms with Crippen LogP contribution in [0.25, 0.3) is 16.9 Å². The highest BCUT2D eigenvalue weighted by Gasteiger charge is 2.36. The van der Waals surface area contributed by atoms with Gasteiger partial charge >= 0.3 is 12.1 Å². The van der Waals surface area contributed by atoms with Gasteiger partial charge in [0.1, 0.15) is 0 Å². The molecule has 0 aliphatic heterocycles. The van der Waals surface area contributed by atoms with Crippen LogP contribution < -0.4 is 4.72 Å². The summed E-state index contributed by atoms with van der Waals surface area (Å²) in [5.41, 5.74) is 0.718. The maximum absolute atomic E-state index is 13.6. The van der Waals surface area contributed by atoms with Crippen molar-refractivity contribution in [2.45, 2.75) is 57.5 Å². The predicted octanol–water partition coefficient (Wildman–Crippen LogP) is 6.03. The first-order valence-corrected chi connectivity index (χ1v) is 16.7. The third-order valence-electron chi connectivity index (χ3n) is 7.24. The molecule has 3 aromatic carbocycles. The molecule has 17 heteroatoms. The highest BCUT2D eigenvalue weighted by Crippen LogP contribution is 2.33. The van der Waals surface area contributed by atoms with Crippen molar-refractivity contribution < 1.29 is 45.7 Å². The number of aromatic nitrogens is 2. The van der Waals surface area contributed by atoms with E-state index in [9.17, 15) is 36.4 Å². The van der Waals surface area contributed by atoms with E-state index in [1.54, 1.807) is 56.3 Å². The number of hydrazine groups is 1. The standard InChI is InChI=1S/C33H35F3N6O7S/c1-21(2)19-29(40(5)42(45)39-49-23(4)48-32(44)25-9-7-6-8-10-25)31(43)38-50(46,47)27-17-15-26(16-18-27)41-28(20-30(37-41)33(34,35)36)24-13-11-22(3)12-14-24/h6-18,20-21,23,29H,19H2,1-5H3,(H,38,43)/b42-39-/t23?,29-/m0/s1. The summed E-state index contributed by atoms with van der Waals surface area (Å²) in [6.45, 7) is 6.65. The number of carbonyl (C=O) groups is 2. The number of rotatable bonds is 13. The Kier molecular flexibility index (Phi) is 11.5. The number of aryl methyl sites for hydroxylation is 1. The Morgan fingerprint density at radius 1 is 1.02 bits per heavy atom. The van der Waals surface area contributed by atoms with Crippen LogP contribution in [0.2, 0.25) is 0 Å². The Balaban J connectivity index is 1.50. The number of benzene rings is 3. The second-order valence-electron chi connectivity index (χ2n) is 11.7. The number of ether oxygens (including phenoxy) is 1. The minimum atomic E-state index is -4.73. The van der Waals surface area contributed by atoms with Gasteiger partial charge in [-0.15, -0.1) is 5.01 Å². The van der Waals surface area contributed by atoms with Crippen molar-refractivity contribution in [3.05, 3.63) is 107 Å². The van der Waals surface area contributed by atoms with Gasteiger partial charge in [0.05, 0.1) is 33.9 Å². The van der Waals surface area contributed by atoms with Gasteiger partial charge in [0.25, 0.3) is 22.2 Å². The lowest BCUT2D eigenvalue weighted by Crippen LogP contribution is -2.49. The number of halogens is 3. The molecule has 266 valence electrons. The molecule has 13 nitrogen and oxygen atoms in total. The third-order valence-corrected chi connectivity index (χ3v) is 8.60. The highest BCUT2D eigenvalue weighted by atomic mass is 32.2. The van der Waals surface area contributed by atoms with Crippen molar-refractivity contribution in [1.29, 1.82) is 0 Å². The molecule has 0 bridgehead atoms. The number of hydrogen-bond donors (Lipinski definition) is 1. The van der Waals surface area contributed by atoms with Crippen molar-refractivity contribution in [2.24, 2.45) is 11.2 Å². The monoisotopic (exact) mass is 716 g/mol. The molecule has 0 aliphatic rings. The number of sulfonamides is 1. The van der Waals surface area contributed by atoms with Crippen molar-refractivity contribution in [1.82, 2.24) is 19.5 Å². The number of esters is 1. The number of alkyl halides is 3. The number of hydrogen-bond acceptors (Lipinski definition) is 9. The van der Waals surface area contributed by atoms with Gasteiger partial charge in [0.2, 0.25) is 5.28 Å². The Labute approximate surface area is 286 Å². The molecule has 1 N–H and O–H groups in total. The molecule has 1 heterocycles. The number of amides is 1. The van der Waals surface area contributed by atoms with Crippen LogP contribution in [0.5, 0.6) is 0 Å². The van der Waals surface area contributed by atoms with Crippen LogP contribution in [0.15, 0.2) is 95.1 Å². The van der Waals surface area contributed by atoms with E-state index < -0.39 is 46.1 Å². The summed E-state index contributed by atoms with van der Waals surface area (Å²) < 4.78 is 75.4. The van der Waals surface area contributed by atoms with E-state index in [1.807, 2.05) is 11.6 Å². The first-order valence-electron chi connectivity index (χ1n) is 15.2. The molecule has 0 aliphatic carbocycles. The fraction of sp³-hybridized carbons (Fsp3) is 0.303. The Bertz CT molecular complexity index is 1930. The maximum atomic E-state index is 13.6. The Hall–Kier alpha value is -5.45. The normalized spacial score (nSPS) is 13.4. The van der Waals surface area contributed by atoms with Crippen LogP contribution in [0.3, 0.4) is 0 Å². The minimum absolute atomic E-state index is 0.0201. The maximum Gasteiger partial charge on any atom is 0.435 e. The average molecular weight is 717 g/mol. The van der Waals surface area contributed by atoms with E-state index >= 15 is 0 Å². The van der Waals surface area contributed by atoms with Crippen LogP contribution in [-0.2, 0) is 30.6 Å². The largest absolute Gasteiger partial charge is 0.569 e. The first-order chi connectivity index (χ1) is 23.5. The summed E-state index contributed by atoms with van der Waals surface area (Å²) in [6.07, 6.45) is -6.00. The van der Waals surface area contributed by atoms with E-state index in [2.05, 4.69) is 10.4 Å². The van der Waals surface area contributed by atoms with Crippen LogP contribution in [0.4, 0.5) is 13.2 Å². The van der Waals surface area contributed by atoms with Gasteiger partial charge in [-0.3, -0.25) is 9.63 Å². The smallest absolute Gasteiger partial charge is 0.435 e. The molecular formula is C33H35F3N6O7S. The van der Waals surface area contributed by atoms with E-state index in [-0.39, 0.29) is 39.1 Å². The SMILES string of the molecule is Cc1ccc(-c2cc(C(F)(F)F)nn2-c2ccc(S(=O)(=O)NC(=O)[C@H](CC(C)C)N(C)/[N+]([O-])=N/OC(C)OC(=O)c3ccccc3)cc2)cc1. The van der Waals surface area contributed by atoms with Gasteiger partial charge in [-0.2, -0.15) is 18.3 Å². The van der Waals surface area contributed by atoms with E-state index in [0.717, 1.165) is 33.5 Å². The second-order valence-corrected chi connectivity index (χ2v) is 13.3. The molecule has 0 spiro atoms. The Morgan fingerprint density at radius 2 is 1.64 bits per heavy atom. The fourth-order valence-electron chi connectivity index (χ4n) is 4.65. The summed E-state index contributed by atoms with van der Waals surface area (Å²) >= 11 is 0. The summed E-state index contributed by atoms with van der Waals surface area (Å²) in [7, 11) is -3.33. The lowest BCUT2D eigenvalue weighted by molar-refractivity contribution is -0.712. The Morgan fingerprint density at radius 3 is 2.22 bits per heavy atom. The first kappa shape index (κ1) is 37.4. The lowest BCUT2D eigenvalue weighted by Gasteiger charge is -2.24. The summed E-state index contributed by atoms with van der Waals surface area (Å²) in [5, 5.41) is 20.6. The van der Waals surface area contributed by atoms with Crippen molar-refractivity contribution in [3.63, 3.8) is 0 Å². The second kappa shape index (κ2) is 15.4. The van der Waals surface area contributed by atoms with Crippen molar-refractivity contribution >= 4 is 21.9 Å². The van der Waals surface area contributed by atoms with Gasteiger partial charge in [-0.1, -0.05) is 61.9 Å². The topological polar surface area (TPSA) is 158 Å². The van der Waals surface area contributed by atoms with Crippen molar-refractivity contribution in [2.75, 3.05) is 7.05 Å². The van der Waals surface area contributed by atoms with E-state index in [4.69, 9.17) is 9.57 Å². The molecule has 0 saturated heterocycles. The van der Waals surface area contributed by atoms with Crippen molar-refractivity contribution in [3.8, 4) is 16.9 Å². The van der Waals surface area contributed by atoms with Crippen LogP contribution in [0, 0.1) is 18.0 Å². The zero-order chi connectivity index (χ0) is 36.8. The van der Waals surface area contributed by atoms with E-state index in [1.165, 1.54) is 38.2 Å². The molecule has 0 radical (unpaired) electrons. The van der Waals surface area contributed by atoms with Gasteiger partial charge < -0.3 is 9.94 Å². The number of nitrogens with zero attached hydrogens (tertiary/aromatic N) is 5. The molecule has 0 saturated carbocycles. The molecule has 0 fully saturated rings. The lowest BCUT2D eigenvalue weighted by atomic mass is 10.0. The van der Waals surface area contributed by atoms with E-state index in [0.29, 0.717) is 5.56 Å². The van der Waals surface area contributed by atoms with Gasteiger partial charge in [0, 0.05) is 12.5 Å². The zero-order valence-corrected chi connectivity index (χ0v) is 28.5. The molecular weight excluding hydrogens is 681 g/mol. The van der Waals surface area contributed by atoms with Gasteiger partial charge in [0.15, 0.2) is 11.7 Å². The minimum Gasteiger partial charge on any atom is -0.569 e. The quantitative estimate of drug-likeness (QED) is 0.0573.